The molecule has 0 unspecified atom stereocenters. The number of para-hydroxylation sites is 1. The van der Waals surface area contributed by atoms with E-state index in [1.807, 2.05) is 6.92 Å². The Labute approximate surface area is 180 Å². The number of hydrogen-bond donors (Lipinski definition) is 1. The first-order valence-electron chi connectivity index (χ1n) is 10.7. The van der Waals surface area contributed by atoms with Crippen molar-refractivity contribution in [2.45, 2.75) is 38.3 Å². The van der Waals surface area contributed by atoms with Crippen LogP contribution in [0, 0.1) is 17.7 Å². The minimum Gasteiger partial charge on any atom is -0.461 e. The van der Waals surface area contributed by atoms with Crippen molar-refractivity contribution in [3.05, 3.63) is 66.0 Å². The molecule has 0 radical (unpaired) electrons. The number of benzene rings is 2. The predicted molar refractivity (Wildman–Crippen MR) is 111 cm³/mol. The molecule has 0 bridgehead atoms. The number of nitrogens with zero attached hydrogens (tertiary/aromatic N) is 1. The Hall–Kier alpha value is -3.06. The monoisotopic (exact) mass is 425 g/mol. The van der Waals surface area contributed by atoms with E-state index in [9.17, 15) is 18.8 Å². The van der Waals surface area contributed by atoms with E-state index >= 15 is 0 Å². The van der Waals surface area contributed by atoms with Gasteiger partial charge in [0.05, 0.1) is 12.3 Å². The molecule has 6 nitrogen and oxygen atoms in total. The van der Waals surface area contributed by atoms with E-state index in [4.69, 9.17) is 4.74 Å². The summed E-state index contributed by atoms with van der Waals surface area (Å²) in [5, 5.41) is 1.71. The number of rotatable bonds is 6. The highest BCUT2D eigenvalue weighted by Crippen LogP contribution is 2.47. The van der Waals surface area contributed by atoms with Gasteiger partial charge in [-0.1, -0.05) is 43.3 Å². The lowest BCUT2D eigenvalue weighted by atomic mass is 9.77. The molecule has 2 fully saturated rings. The number of nitrogens with two attached hydrogens (primary N) is 1. The van der Waals surface area contributed by atoms with Crippen molar-refractivity contribution in [1.29, 1.82) is 0 Å². The normalized spacial score (nSPS) is 27.5. The quantitative estimate of drug-likeness (QED) is 0.569. The summed E-state index contributed by atoms with van der Waals surface area (Å²) < 4.78 is 20.2. The van der Waals surface area contributed by atoms with E-state index in [-0.39, 0.29) is 6.61 Å². The molecule has 0 aromatic heterocycles. The van der Waals surface area contributed by atoms with Gasteiger partial charge >= 0.3 is 5.97 Å². The molecule has 2 aliphatic heterocycles. The van der Waals surface area contributed by atoms with Gasteiger partial charge < -0.3 is 10.1 Å². The fourth-order valence-electron chi connectivity index (χ4n) is 5.20. The molecule has 2 aromatic rings. The van der Waals surface area contributed by atoms with Gasteiger partial charge in [0.15, 0.2) is 0 Å². The molecule has 0 spiro atoms. The maximum Gasteiger partial charge on any atom is 0.368 e. The second-order valence-electron chi connectivity index (χ2n) is 8.08. The van der Waals surface area contributed by atoms with Crippen LogP contribution in [0.4, 0.5) is 10.1 Å². The summed E-state index contributed by atoms with van der Waals surface area (Å²) in [5.74, 6) is -3.62. The van der Waals surface area contributed by atoms with Gasteiger partial charge in [0.25, 0.3) is 0 Å². The van der Waals surface area contributed by atoms with Crippen LogP contribution < -0.4 is 10.2 Å². The van der Waals surface area contributed by atoms with Crippen LogP contribution in [0.25, 0.3) is 0 Å². The zero-order valence-corrected chi connectivity index (χ0v) is 17.6. The Morgan fingerprint density at radius 3 is 2.39 bits per heavy atom. The average molecular weight is 425 g/mol. The van der Waals surface area contributed by atoms with Gasteiger partial charge in [0, 0.05) is 12.0 Å². The van der Waals surface area contributed by atoms with Crippen molar-refractivity contribution in [3.8, 4) is 0 Å². The van der Waals surface area contributed by atoms with Gasteiger partial charge in [-0.15, -0.1) is 0 Å². The first-order valence-corrected chi connectivity index (χ1v) is 10.7. The smallest absolute Gasteiger partial charge is 0.368 e. The average Bonchev–Trinajstić information content (AvgIpc) is 3.24. The van der Waals surface area contributed by atoms with Crippen molar-refractivity contribution in [3.63, 3.8) is 0 Å². The summed E-state index contributed by atoms with van der Waals surface area (Å²) in [6.07, 6.45) is 0.953. The summed E-state index contributed by atoms with van der Waals surface area (Å²) in [7, 11) is 0. The first-order chi connectivity index (χ1) is 15.0. The maximum atomic E-state index is 14.8. The number of ether oxygens (including phenoxy) is 1. The van der Waals surface area contributed by atoms with Gasteiger partial charge in [-0.2, -0.15) is 0 Å². The minimum atomic E-state index is -1.28. The van der Waals surface area contributed by atoms with Crippen molar-refractivity contribution in [1.82, 2.24) is 0 Å². The second kappa shape index (κ2) is 8.23. The Bertz CT molecular complexity index is 1010. The predicted octanol–water partition coefficient (Wildman–Crippen LogP) is 2.35. The van der Waals surface area contributed by atoms with Crippen LogP contribution in [0.2, 0.25) is 0 Å². The zero-order chi connectivity index (χ0) is 22.2. The largest absolute Gasteiger partial charge is 0.461 e. The van der Waals surface area contributed by atoms with Crippen molar-refractivity contribution in [2.75, 3.05) is 11.5 Å². The fourth-order valence-corrected chi connectivity index (χ4v) is 5.20. The molecular weight excluding hydrogens is 399 g/mol. The third-order valence-corrected chi connectivity index (χ3v) is 6.37. The van der Waals surface area contributed by atoms with Gasteiger partial charge in [-0.3, -0.25) is 9.59 Å². The zero-order valence-electron chi connectivity index (χ0n) is 17.6. The molecule has 0 aliphatic carbocycles. The molecule has 162 valence electrons. The number of carbonyl (C=O) groups is 3. The molecule has 2 saturated heterocycles. The molecule has 2 heterocycles. The lowest BCUT2D eigenvalue weighted by Crippen LogP contribution is -2.98. The molecule has 31 heavy (non-hydrogen) atoms. The first kappa shape index (κ1) is 21.2. The summed E-state index contributed by atoms with van der Waals surface area (Å²) in [4.78, 5) is 41.6. The summed E-state index contributed by atoms with van der Waals surface area (Å²) in [6.45, 7) is 3.77. The maximum absolute atomic E-state index is 14.8. The summed E-state index contributed by atoms with van der Waals surface area (Å²) in [5.41, 5.74) is -0.511. The van der Waals surface area contributed by atoms with Crippen LogP contribution in [0.3, 0.4) is 0 Å². The molecule has 4 rings (SSSR count). The highest BCUT2D eigenvalue weighted by molar-refractivity contribution is 6.23. The molecule has 2 N–H and O–H groups in total. The topological polar surface area (TPSA) is 80.3 Å². The number of carbonyl (C=O) groups excluding carboxylic acids is 3. The lowest BCUT2D eigenvalue weighted by Gasteiger charge is -2.29. The van der Waals surface area contributed by atoms with Crippen LogP contribution in [-0.2, 0) is 19.1 Å². The standard InChI is InChI=1S/C24H25FN2O4/c1-3-14-24(23(30)31-4-2)19-18(20(26-24)16-12-8-9-13-17(16)25)21(28)27(22(19)29)15-10-6-5-7-11-15/h5-13,18-20,26H,3-4,14H2,1-2H3/p+1/t18-,19+,20-,24-/m0/s1. The van der Waals surface area contributed by atoms with Crippen LogP contribution in [0.5, 0.6) is 0 Å². The summed E-state index contributed by atoms with van der Waals surface area (Å²) in [6, 6.07) is 14.2. The highest BCUT2D eigenvalue weighted by atomic mass is 19.1. The van der Waals surface area contributed by atoms with Crippen molar-refractivity contribution < 1.29 is 28.8 Å². The molecular formula is C24H26FN2O4+. The van der Waals surface area contributed by atoms with Crippen LogP contribution in [-0.4, -0.2) is 29.9 Å². The van der Waals surface area contributed by atoms with Gasteiger partial charge in [-0.25, -0.2) is 14.1 Å². The minimum absolute atomic E-state index is 0.157. The highest BCUT2D eigenvalue weighted by Gasteiger charge is 2.72. The number of amides is 2. The molecule has 0 saturated carbocycles. The second-order valence-corrected chi connectivity index (χ2v) is 8.08. The van der Waals surface area contributed by atoms with Gasteiger partial charge in [0.1, 0.15) is 23.7 Å². The van der Waals surface area contributed by atoms with E-state index in [0.29, 0.717) is 24.1 Å². The Kier molecular flexibility index (Phi) is 5.62. The van der Waals surface area contributed by atoms with E-state index < -0.39 is 47.0 Å². The SMILES string of the molecule is CCC[C@]1(C(=O)OCC)[NH2+][C@@H](c2ccccc2F)[C@H]2C(=O)N(c3ccccc3)C(=O)[C@@H]21. The van der Waals surface area contributed by atoms with Crippen molar-refractivity contribution >= 4 is 23.5 Å². The molecule has 2 aliphatic rings. The number of anilines is 1. The van der Waals surface area contributed by atoms with E-state index in [1.54, 1.807) is 60.8 Å². The van der Waals surface area contributed by atoms with Crippen molar-refractivity contribution in [2.24, 2.45) is 11.8 Å². The number of fused-ring (bicyclic) bond motifs is 1. The van der Waals surface area contributed by atoms with E-state index in [1.165, 1.54) is 6.07 Å². The van der Waals surface area contributed by atoms with Gasteiger partial charge in [-0.05, 0) is 31.5 Å². The molecule has 2 amide bonds. The Morgan fingerprint density at radius 2 is 1.74 bits per heavy atom. The number of halogens is 1. The third kappa shape index (κ3) is 3.24. The van der Waals surface area contributed by atoms with E-state index in [0.717, 1.165) is 4.90 Å². The Morgan fingerprint density at radius 1 is 1.06 bits per heavy atom. The molecule has 2 aromatic carbocycles. The number of esters is 1. The molecule has 7 heteroatoms. The molecule has 4 atom stereocenters. The fraction of sp³-hybridized carbons (Fsp3) is 0.375. The van der Waals surface area contributed by atoms with Crippen LogP contribution >= 0.6 is 0 Å². The lowest BCUT2D eigenvalue weighted by molar-refractivity contribution is -0.735. The number of quaternary nitrogens is 1. The third-order valence-electron chi connectivity index (χ3n) is 6.37. The van der Waals surface area contributed by atoms with Gasteiger partial charge in [0.2, 0.25) is 17.4 Å². The Balaban J connectivity index is 1.88. The number of hydrogen-bond acceptors (Lipinski definition) is 4. The van der Waals surface area contributed by atoms with Crippen LogP contribution in [0.15, 0.2) is 54.6 Å². The summed E-state index contributed by atoms with van der Waals surface area (Å²) >= 11 is 0. The number of imide groups is 1. The van der Waals surface area contributed by atoms with Crippen LogP contribution in [0.1, 0.15) is 38.3 Å². The van der Waals surface area contributed by atoms with E-state index in [2.05, 4.69) is 0 Å².